The van der Waals surface area contributed by atoms with E-state index in [9.17, 15) is 4.79 Å². The molecule has 31 heavy (non-hydrogen) atoms. The predicted molar refractivity (Wildman–Crippen MR) is 133 cm³/mol. The van der Waals surface area contributed by atoms with E-state index in [1.165, 1.54) is 83.5 Å². The van der Waals surface area contributed by atoms with Crippen LogP contribution in [-0.4, -0.2) is 18.3 Å². The number of carbonyl (C=O) groups is 1. The number of hydrogen-bond acceptors (Lipinski definition) is 3. The van der Waals surface area contributed by atoms with Gasteiger partial charge in [-0.05, 0) is 18.6 Å². The van der Waals surface area contributed by atoms with Gasteiger partial charge in [0.1, 0.15) is 0 Å². The maximum atomic E-state index is 11.6. The minimum absolute atomic E-state index is 0. The fourth-order valence-electron chi connectivity index (χ4n) is 3.41. The van der Waals surface area contributed by atoms with Crippen molar-refractivity contribution in [2.45, 2.75) is 89.9 Å². The summed E-state index contributed by atoms with van der Waals surface area (Å²) in [6, 6.07) is 17.3. The van der Waals surface area contributed by atoms with Gasteiger partial charge in [0.25, 0.3) is 5.97 Å². The van der Waals surface area contributed by atoms with Crippen molar-refractivity contribution in [3.63, 3.8) is 0 Å². The van der Waals surface area contributed by atoms with Crippen molar-refractivity contribution in [1.82, 2.24) is 0 Å². The molecule has 0 saturated carbocycles. The molecule has 0 fully saturated rings. The molecule has 0 atom stereocenters. The summed E-state index contributed by atoms with van der Waals surface area (Å²) in [4.78, 5) is 11.6. The van der Waals surface area contributed by atoms with Crippen molar-refractivity contribution in [3.8, 4) is 0 Å². The SMILES string of the molecule is O=C(OCCCCCCCCCCCCCCCCS)[c-]1cccc1.[Fe].[cH-]1[cH-][cH-][cH-][cH-]1. The second-order valence-electron chi connectivity index (χ2n) is 7.95. The smallest absolute Gasteiger partial charge is 0.281 e. The summed E-state index contributed by atoms with van der Waals surface area (Å²) < 4.78 is 5.26. The van der Waals surface area contributed by atoms with Crippen LogP contribution in [0.2, 0.25) is 0 Å². The number of hydrogen-bond donors (Lipinski definition) is 1. The number of rotatable bonds is 17. The molecule has 0 N–H and O–H groups in total. The zero-order chi connectivity index (χ0) is 21.5. The van der Waals surface area contributed by atoms with Gasteiger partial charge in [-0.3, -0.25) is 4.79 Å². The zero-order valence-corrected chi connectivity index (χ0v) is 21.1. The Labute approximate surface area is 207 Å². The van der Waals surface area contributed by atoms with Crippen LogP contribution >= 0.6 is 12.6 Å². The Kier molecular flexibility index (Phi) is 23.0. The van der Waals surface area contributed by atoms with Crippen LogP contribution in [0.3, 0.4) is 0 Å². The molecule has 0 radical (unpaired) electrons. The normalized spacial score (nSPS) is 10.1. The van der Waals surface area contributed by atoms with Crippen LogP contribution in [0.25, 0.3) is 0 Å². The van der Waals surface area contributed by atoms with Crippen molar-refractivity contribution >= 4 is 18.6 Å². The van der Waals surface area contributed by atoms with Gasteiger partial charge in [-0.25, -0.2) is 12.1 Å². The Morgan fingerprint density at radius 2 is 1.00 bits per heavy atom. The fraction of sp³-hybridized carbons (Fsp3) is 0.593. The summed E-state index contributed by atoms with van der Waals surface area (Å²) in [6.45, 7) is 0.554. The van der Waals surface area contributed by atoms with Gasteiger partial charge in [-0.15, -0.1) is 0 Å². The number of esters is 1. The van der Waals surface area contributed by atoms with Crippen molar-refractivity contribution < 1.29 is 26.6 Å². The maximum absolute atomic E-state index is 11.6. The third-order valence-electron chi connectivity index (χ3n) is 5.24. The maximum Gasteiger partial charge on any atom is 0.281 e. The minimum Gasteiger partial charge on any atom is -0.748 e. The first-order valence-electron chi connectivity index (χ1n) is 12.0. The van der Waals surface area contributed by atoms with Crippen LogP contribution in [0, 0.1) is 0 Å². The monoisotopic (exact) mass is 486 g/mol. The molecule has 2 rings (SSSR count). The Hall–Kier alpha value is -0.961. The van der Waals surface area contributed by atoms with Gasteiger partial charge in [0, 0.05) is 17.1 Å². The molecule has 2 aromatic rings. The molecule has 2 nitrogen and oxygen atoms in total. The van der Waals surface area contributed by atoms with Gasteiger partial charge < -0.3 is 35.1 Å². The summed E-state index contributed by atoms with van der Waals surface area (Å²) in [5.74, 6) is 0.853. The van der Waals surface area contributed by atoms with Crippen molar-refractivity contribution in [2.75, 3.05) is 12.4 Å². The summed E-state index contributed by atoms with van der Waals surface area (Å²) in [5.41, 5.74) is 0.664. The summed E-state index contributed by atoms with van der Waals surface area (Å²) in [7, 11) is 0. The van der Waals surface area contributed by atoms with Crippen LogP contribution in [0.15, 0.2) is 54.6 Å². The summed E-state index contributed by atoms with van der Waals surface area (Å²) >= 11 is 4.24. The number of ether oxygens (including phenoxy) is 1. The molecule has 4 heteroatoms. The molecule has 0 aromatic heterocycles. The van der Waals surface area contributed by atoms with Gasteiger partial charge in [-0.1, -0.05) is 82.6 Å². The Morgan fingerprint density at radius 1 is 0.645 bits per heavy atom. The second kappa shape index (κ2) is 23.7. The van der Waals surface area contributed by atoms with E-state index in [2.05, 4.69) is 12.6 Å². The van der Waals surface area contributed by atoms with Crippen LogP contribution in [0.1, 0.15) is 100 Å². The number of thiol groups is 1. The van der Waals surface area contributed by atoms with Gasteiger partial charge >= 0.3 is 0 Å². The summed E-state index contributed by atoms with van der Waals surface area (Å²) in [6.07, 6.45) is 18.5. The van der Waals surface area contributed by atoms with E-state index in [-0.39, 0.29) is 23.0 Å². The molecule has 0 aliphatic carbocycles. The van der Waals surface area contributed by atoms with Crippen molar-refractivity contribution in [2.24, 2.45) is 0 Å². The number of unbranched alkanes of at least 4 members (excludes halogenated alkanes) is 13. The van der Waals surface area contributed by atoms with Gasteiger partial charge in [0.2, 0.25) is 0 Å². The Morgan fingerprint density at radius 3 is 1.39 bits per heavy atom. The molecule has 2 aromatic carbocycles. The predicted octanol–water partition coefficient (Wildman–Crippen LogP) is 8.36. The van der Waals surface area contributed by atoms with E-state index in [1.54, 1.807) is 12.1 Å². The van der Waals surface area contributed by atoms with E-state index < -0.39 is 0 Å². The average molecular weight is 487 g/mol. The molecule has 0 heterocycles. The molecule has 0 amide bonds. The van der Waals surface area contributed by atoms with Crippen LogP contribution in [0.4, 0.5) is 0 Å². The number of carbonyl (C=O) groups excluding carboxylic acids is 1. The van der Waals surface area contributed by atoms with E-state index in [1.807, 2.05) is 42.5 Å². The van der Waals surface area contributed by atoms with Crippen molar-refractivity contribution in [1.29, 1.82) is 0 Å². The standard InChI is InChI=1S/C22H37O2S.C5H5.Fe/c23-22(21-17-13-14-18-21)24-19-15-11-9-7-5-3-1-2-4-6-8-10-12-16-20-25;1-2-4-5-3-1;/h13-14,17-18,25H,1-12,15-16,19-20H2;1-5H;/q-1;-5;. The summed E-state index contributed by atoms with van der Waals surface area (Å²) in [5, 5.41) is 0. The van der Waals surface area contributed by atoms with Crippen LogP contribution in [-0.2, 0) is 21.8 Å². The topological polar surface area (TPSA) is 26.3 Å². The molecule has 182 valence electrons. The molecular weight excluding hydrogens is 444 g/mol. The van der Waals surface area contributed by atoms with Gasteiger partial charge in [0.05, 0.1) is 6.61 Å². The zero-order valence-electron chi connectivity index (χ0n) is 19.1. The van der Waals surface area contributed by atoms with E-state index in [0.717, 1.165) is 12.2 Å². The molecule has 0 spiro atoms. The van der Waals surface area contributed by atoms with E-state index in [4.69, 9.17) is 4.74 Å². The van der Waals surface area contributed by atoms with E-state index in [0.29, 0.717) is 12.2 Å². The van der Waals surface area contributed by atoms with Gasteiger partial charge in [-0.2, -0.15) is 24.8 Å². The third-order valence-corrected chi connectivity index (χ3v) is 5.56. The van der Waals surface area contributed by atoms with E-state index >= 15 is 0 Å². The minimum atomic E-state index is -0.188. The Balaban J connectivity index is 0.00000131. The van der Waals surface area contributed by atoms with Crippen LogP contribution in [0.5, 0.6) is 0 Å². The average Bonchev–Trinajstić information content (AvgIpc) is 3.50. The van der Waals surface area contributed by atoms with Crippen molar-refractivity contribution in [3.05, 3.63) is 60.2 Å². The molecular formula is C27H42FeO2S-6. The van der Waals surface area contributed by atoms with Crippen LogP contribution < -0.4 is 0 Å². The molecule has 0 aliphatic heterocycles. The first kappa shape index (κ1) is 30.0. The quantitative estimate of drug-likeness (QED) is 0.0799. The van der Waals surface area contributed by atoms with Gasteiger partial charge in [0.15, 0.2) is 0 Å². The molecule has 0 saturated heterocycles. The first-order valence-corrected chi connectivity index (χ1v) is 12.6. The molecule has 0 aliphatic rings. The third kappa shape index (κ3) is 19.4. The fourth-order valence-corrected chi connectivity index (χ4v) is 3.64. The molecule has 0 unspecified atom stereocenters. The second-order valence-corrected chi connectivity index (χ2v) is 8.39. The Bertz CT molecular complexity index is 549. The largest absolute Gasteiger partial charge is 0.748 e. The first-order chi connectivity index (χ1) is 14.8. The molecule has 0 bridgehead atoms.